The molecule has 0 saturated heterocycles. The third-order valence-electron chi connectivity index (χ3n) is 10.7. The highest BCUT2D eigenvalue weighted by molar-refractivity contribution is 5.92. The second-order valence-electron chi connectivity index (χ2n) is 12.3. The van der Waals surface area contributed by atoms with Crippen LogP contribution in [0.4, 0.5) is 5.82 Å². The number of carbonyl (C=O) groups is 1. The van der Waals surface area contributed by atoms with E-state index in [2.05, 4.69) is 24.1 Å². The Morgan fingerprint density at radius 2 is 1.88 bits per heavy atom. The van der Waals surface area contributed by atoms with E-state index in [9.17, 15) is 9.90 Å². The standard InChI is InChI=1S/C28H42N2O3/c1-18-6-5-7-24(29-18)30-25(31)23-11-10-21-20-9-8-19-16-28(32,17-33-4)15-14-26(19,2)22(20)12-13-27(21,23)3/h5-7,19-23,32H,8-17H2,1-4H3,(H,29,30,31)/t19-,20-,21-,22-,23+,26-,27-,28+/m0/s1. The third kappa shape index (κ3) is 3.83. The van der Waals surface area contributed by atoms with Crippen molar-refractivity contribution in [1.29, 1.82) is 0 Å². The molecule has 4 saturated carbocycles. The van der Waals surface area contributed by atoms with E-state index in [0.717, 1.165) is 43.7 Å². The van der Waals surface area contributed by atoms with Crippen LogP contribution in [0, 0.1) is 47.3 Å². The second kappa shape index (κ2) is 8.34. The Hall–Kier alpha value is -1.46. The highest BCUT2D eigenvalue weighted by Gasteiger charge is 2.62. The van der Waals surface area contributed by atoms with Crippen LogP contribution in [0.5, 0.6) is 0 Å². The van der Waals surface area contributed by atoms with Gasteiger partial charge in [-0.1, -0.05) is 19.9 Å². The maximum atomic E-state index is 13.4. The number of hydrogen-bond donors (Lipinski definition) is 2. The first kappa shape index (κ1) is 23.3. The number of rotatable bonds is 4. The van der Waals surface area contributed by atoms with Crippen molar-refractivity contribution < 1.29 is 14.6 Å². The Balaban J connectivity index is 1.32. The minimum Gasteiger partial charge on any atom is -0.387 e. The molecule has 2 N–H and O–H groups in total. The molecule has 1 aromatic rings. The van der Waals surface area contributed by atoms with Crippen molar-refractivity contribution in [2.24, 2.45) is 40.4 Å². The van der Waals surface area contributed by atoms with Gasteiger partial charge in [0.15, 0.2) is 0 Å². The molecule has 4 aliphatic rings. The van der Waals surface area contributed by atoms with Crippen LogP contribution in [0.3, 0.4) is 0 Å². The van der Waals surface area contributed by atoms with Gasteiger partial charge in [-0.25, -0.2) is 4.98 Å². The molecule has 4 aliphatic carbocycles. The molecule has 33 heavy (non-hydrogen) atoms. The van der Waals surface area contributed by atoms with Crippen LogP contribution in [-0.2, 0) is 9.53 Å². The molecule has 4 fully saturated rings. The lowest BCUT2D eigenvalue weighted by Gasteiger charge is -2.62. The quantitative estimate of drug-likeness (QED) is 0.642. The number of nitrogens with one attached hydrogen (secondary N) is 1. The number of methoxy groups -OCH3 is 1. The predicted octanol–water partition coefficient (Wildman–Crippen LogP) is 5.36. The van der Waals surface area contributed by atoms with Crippen LogP contribution in [0.25, 0.3) is 0 Å². The molecule has 0 aliphatic heterocycles. The van der Waals surface area contributed by atoms with Crippen LogP contribution < -0.4 is 5.32 Å². The molecule has 5 rings (SSSR count). The van der Waals surface area contributed by atoms with Gasteiger partial charge in [0, 0.05) is 18.7 Å². The van der Waals surface area contributed by atoms with Crippen LogP contribution in [0.2, 0.25) is 0 Å². The van der Waals surface area contributed by atoms with Crippen molar-refractivity contribution in [3.8, 4) is 0 Å². The Kier molecular flexibility index (Phi) is 5.88. The zero-order chi connectivity index (χ0) is 23.4. The van der Waals surface area contributed by atoms with Crippen molar-refractivity contribution in [1.82, 2.24) is 4.98 Å². The molecule has 0 radical (unpaired) electrons. The van der Waals surface area contributed by atoms with Gasteiger partial charge in [0.05, 0.1) is 12.2 Å². The number of aromatic nitrogens is 1. The maximum Gasteiger partial charge on any atom is 0.229 e. The number of anilines is 1. The van der Waals surface area contributed by atoms with E-state index >= 15 is 0 Å². The fourth-order valence-corrected chi connectivity index (χ4v) is 8.98. The summed E-state index contributed by atoms with van der Waals surface area (Å²) in [6, 6.07) is 5.81. The lowest BCUT2D eigenvalue weighted by Crippen LogP contribution is -2.57. The predicted molar refractivity (Wildman–Crippen MR) is 130 cm³/mol. The number of fused-ring (bicyclic) bond motifs is 5. The van der Waals surface area contributed by atoms with Crippen molar-refractivity contribution >= 4 is 11.7 Å². The van der Waals surface area contributed by atoms with Gasteiger partial charge in [-0.3, -0.25) is 4.79 Å². The Bertz CT molecular complexity index is 905. The normalized spacial score (nSPS) is 44.5. The van der Waals surface area contributed by atoms with Crippen LogP contribution in [-0.4, -0.2) is 35.3 Å². The van der Waals surface area contributed by atoms with Crippen molar-refractivity contribution in [3.63, 3.8) is 0 Å². The fourth-order valence-electron chi connectivity index (χ4n) is 8.98. The van der Waals surface area contributed by atoms with Crippen molar-refractivity contribution in [3.05, 3.63) is 23.9 Å². The summed E-state index contributed by atoms with van der Waals surface area (Å²) >= 11 is 0. The summed E-state index contributed by atoms with van der Waals surface area (Å²) in [5.74, 6) is 3.59. The highest BCUT2D eigenvalue weighted by atomic mass is 16.5. The van der Waals surface area contributed by atoms with Crippen LogP contribution in [0.15, 0.2) is 18.2 Å². The zero-order valence-corrected chi connectivity index (χ0v) is 20.9. The van der Waals surface area contributed by atoms with Gasteiger partial charge in [-0.05, 0) is 111 Å². The summed E-state index contributed by atoms with van der Waals surface area (Å²) in [5.41, 5.74) is 0.688. The van der Waals surface area contributed by atoms with E-state index in [0.29, 0.717) is 35.6 Å². The zero-order valence-electron chi connectivity index (χ0n) is 20.9. The second-order valence-corrected chi connectivity index (χ2v) is 12.3. The Morgan fingerprint density at radius 1 is 1.09 bits per heavy atom. The van der Waals surface area contributed by atoms with E-state index in [1.54, 1.807) is 7.11 Å². The molecule has 0 bridgehead atoms. The summed E-state index contributed by atoms with van der Waals surface area (Å²) in [7, 11) is 1.70. The van der Waals surface area contributed by atoms with E-state index in [-0.39, 0.29) is 17.2 Å². The van der Waals surface area contributed by atoms with Crippen LogP contribution in [0.1, 0.15) is 77.3 Å². The molecule has 1 heterocycles. The Morgan fingerprint density at radius 3 is 2.64 bits per heavy atom. The van der Waals surface area contributed by atoms with Gasteiger partial charge in [0.2, 0.25) is 5.91 Å². The molecular formula is C28H42N2O3. The summed E-state index contributed by atoms with van der Waals surface area (Å²) in [4.78, 5) is 17.9. The van der Waals surface area contributed by atoms with E-state index in [1.807, 2.05) is 25.1 Å². The summed E-state index contributed by atoms with van der Waals surface area (Å²) in [6.45, 7) is 7.34. The summed E-state index contributed by atoms with van der Waals surface area (Å²) < 4.78 is 5.36. The number of amides is 1. The fraction of sp³-hybridized carbons (Fsp3) is 0.786. The maximum absolute atomic E-state index is 13.4. The summed E-state index contributed by atoms with van der Waals surface area (Å²) in [5, 5.41) is 14.2. The number of aliphatic hydroxyl groups is 1. The molecule has 0 unspecified atom stereocenters. The molecule has 5 nitrogen and oxygen atoms in total. The number of pyridine rings is 1. The minimum atomic E-state index is -0.644. The molecule has 8 atom stereocenters. The lowest BCUT2D eigenvalue weighted by atomic mass is 9.44. The Labute approximate surface area is 199 Å². The minimum absolute atomic E-state index is 0.0782. The van der Waals surface area contributed by atoms with Gasteiger partial charge in [-0.2, -0.15) is 0 Å². The van der Waals surface area contributed by atoms with Gasteiger partial charge >= 0.3 is 0 Å². The topological polar surface area (TPSA) is 71.5 Å². The molecule has 1 aromatic heterocycles. The average Bonchev–Trinajstić information content (AvgIpc) is 3.12. The summed E-state index contributed by atoms with van der Waals surface area (Å²) in [6.07, 6.45) is 9.84. The molecular weight excluding hydrogens is 412 g/mol. The highest BCUT2D eigenvalue weighted by Crippen LogP contribution is 2.68. The number of carbonyl (C=O) groups excluding carboxylic acids is 1. The molecule has 1 amide bonds. The van der Waals surface area contributed by atoms with Crippen molar-refractivity contribution in [2.45, 2.75) is 84.2 Å². The third-order valence-corrected chi connectivity index (χ3v) is 10.7. The van der Waals surface area contributed by atoms with E-state index in [4.69, 9.17) is 4.74 Å². The van der Waals surface area contributed by atoms with Gasteiger partial charge < -0.3 is 15.2 Å². The van der Waals surface area contributed by atoms with E-state index in [1.165, 1.54) is 25.7 Å². The van der Waals surface area contributed by atoms with Gasteiger partial charge in [0.1, 0.15) is 5.82 Å². The largest absolute Gasteiger partial charge is 0.387 e. The number of hydrogen-bond acceptors (Lipinski definition) is 4. The molecule has 0 spiro atoms. The first-order valence-corrected chi connectivity index (χ1v) is 13.1. The number of nitrogens with zero attached hydrogens (tertiary/aromatic N) is 1. The van der Waals surface area contributed by atoms with Crippen LogP contribution >= 0.6 is 0 Å². The first-order valence-electron chi connectivity index (χ1n) is 13.1. The SMILES string of the molecule is COC[C@@]1(O)CC[C@@]2(C)[C@@H](CC[C@@H]3[C@@H]2CC[C@]2(C)[C@@H](C(=O)Nc4cccc(C)n4)CC[C@@H]32)C1. The number of aryl methyl sites for hydroxylation is 1. The monoisotopic (exact) mass is 454 g/mol. The average molecular weight is 455 g/mol. The molecule has 182 valence electrons. The van der Waals surface area contributed by atoms with Crippen molar-refractivity contribution in [2.75, 3.05) is 19.0 Å². The first-order chi connectivity index (χ1) is 15.7. The molecule has 0 aromatic carbocycles. The van der Waals surface area contributed by atoms with Gasteiger partial charge in [0.25, 0.3) is 0 Å². The molecule has 5 heteroatoms. The smallest absolute Gasteiger partial charge is 0.229 e. The number of ether oxygens (including phenoxy) is 1. The lowest BCUT2D eigenvalue weighted by molar-refractivity contribution is -0.163. The van der Waals surface area contributed by atoms with E-state index < -0.39 is 5.60 Å². The van der Waals surface area contributed by atoms with Gasteiger partial charge in [-0.15, -0.1) is 0 Å².